The highest BCUT2D eigenvalue weighted by Gasteiger charge is 2.29. The molecule has 1 amide bonds. The molecule has 1 aromatic rings. The van der Waals surface area contributed by atoms with Crippen LogP contribution in [0.4, 0.5) is 0 Å². The number of methoxy groups -OCH3 is 1. The molecule has 4 heteroatoms. The van der Waals surface area contributed by atoms with Gasteiger partial charge in [-0.25, -0.2) is 0 Å². The zero-order chi connectivity index (χ0) is 17.1. The Kier molecular flexibility index (Phi) is 4.65. The molecule has 0 radical (unpaired) electrons. The fourth-order valence-corrected chi connectivity index (χ4v) is 3.22. The van der Waals surface area contributed by atoms with Crippen LogP contribution in [0.1, 0.15) is 25.8 Å². The van der Waals surface area contributed by atoms with Crippen LogP contribution < -0.4 is 4.74 Å². The van der Waals surface area contributed by atoms with Gasteiger partial charge in [0.05, 0.1) is 18.5 Å². The molecular weight excluding hydrogens is 300 g/mol. The zero-order valence-electron chi connectivity index (χ0n) is 14.4. The molecule has 124 valence electrons. The minimum Gasteiger partial charge on any atom is -0.497 e. The van der Waals surface area contributed by atoms with Crippen LogP contribution in [0, 0.1) is 0 Å². The van der Waals surface area contributed by atoms with E-state index < -0.39 is 0 Å². The third-order valence-electron chi connectivity index (χ3n) is 4.48. The van der Waals surface area contributed by atoms with E-state index in [1.54, 1.807) is 7.11 Å². The molecular formula is C20H22N2O2. The molecule has 0 unspecified atom stereocenters. The molecule has 2 heterocycles. The molecule has 2 aliphatic rings. The fourth-order valence-electron chi connectivity index (χ4n) is 3.22. The van der Waals surface area contributed by atoms with Gasteiger partial charge < -0.3 is 9.64 Å². The first-order valence-electron chi connectivity index (χ1n) is 8.21. The molecule has 0 aromatic heterocycles. The van der Waals surface area contributed by atoms with E-state index in [1.165, 1.54) is 5.57 Å². The number of ether oxygens (including phenoxy) is 1. The predicted octanol–water partition coefficient (Wildman–Crippen LogP) is 3.51. The van der Waals surface area contributed by atoms with Crippen molar-refractivity contribution in [2.45, 2.75) is 20.3 Å². The van der Waals surface area contributed by atoms with Crippen LogP contribution in [0.5, 0.6) is 5.75 Å². The van der Waals surface area contributed by atoms with Gasteiger partial charge in [0.1, 0.15) is 12.3 Å². The van der Waals surface area contributed by atoms with Crippen LogP contribution in [0.3, 0.4) is 0 Å². The van der Waals surface area contributed by atoms with Crippen LogP contribution in [0.2, 0.25) is 0 Å². The van der Waals surface area contributed by atoms with Gasteiger partial charge in [0.25, 0.3) is 0 Å². The summed E-state index contributed by atoms with van der Waals surface area (Å²) in [5, 5.41) is 0. The van der Waals surface area contributed by atoms with Crippen molar-refractivity contribution in [1.82, 2.24) is 4.90 Å². The van der Waals surface area contributed by atoms with E-state index in [0.717, 1.165) is 34.7 Å². The van der Waals surface area contributed by atoms with E-state index in [-0.39, 0.29) is 12.5 Å². The molecule has 0 N–H and O–H groups in total. The van der Waals surface area contributed by atoms with E-state index >= 15 is 0 Å². The Morgan fingerprint density at radius 2 is 2.08 bits per heavy atom. The Morgan fingerprint density at radius 1 is 1.25 bits per heavy atom. The third-order valence-corrected chi connectivity index (χ3v) is 4.48. The molecule has 24 heavy (non-hydrogen) atoms. The number of nitrogens with zero attached hydrogens (tertiary/aromatic N) is 2. The van der Waals surface area contributed by atoms with Crippen molar-refractivity contribution in [1.29, 1.82) is 0 Å². The maximum Gasteiger partial charge on any atom is 0.248 e. The van der Waals surface area contributed by atoms with Crippen molar-refractivity contribution in [3.05, 3.63) is 64.9 Å². The summed E-state index contributed by atoms with van der Waals surface area (Å²) in [6.45, 7) is 4.95. The standard InChI is InChI=1S/C20H22N2O2/c1-4-14-9-10-22-19(17(14)5-2)12-18(21-13-20(22)23)15-7-6-8-16(11-15)24-3/h4-8,11-12H,9-10,13H2,1-3H3. The van der Waals surface area contributed by atoms with Gasteiger partial charge in [-0.1, -0.05) is 24.3 Å². The topological polar surface area (TPSA) is 41.9 Å². The van der Waals surface area contributed by atoms with Crippen LogP contribution in [0.25, 0.3) is 0 Å². The Hall–Kier alpha value is -2.62. The number of hydrogen-bond donors (Lipinski definition) is 0. The summed E-state index contributed by atoms with van der Waals surface area (Å²) in [4.78, 5) is 18.9. The molecule has 1 saturated heterocycles. The second-order valence-corrected chi connectivity index (χ2v) is 5.77. The quantitative estimate of drug-likeness (QED) is 0.836. The zero-order valence-corrected chi connectivity index (χ0v) is 14.4. The molecule has 3 rings (SSSR count). The minimum absolute atomic E-state index is 0.0497. The maximum absolute atomic E-state index is 12.5. The Bertz CT molecular complexity index is 785. The molecule has 0 bridgehead atoms. The number of benzene rings is 1. The Labute approximate surface area is 142 Å². The van der Waals surface area contributed by atoms with E-state index in [9.17, 15) is 4.79 Å². The number of piperidine rings is 1. The van der Waals surface area contributed by atoms with E-state index in [2.05, 4.69) is 17.1 Å². The fraction of sp³-hybridized carbons (Fsp3) is 0.300. The van der Waals surface area contributed by atoms with Crippen molar-refractivity contribution < 1.29 is 9.53 Å². The number of rotatable bonds is 2. The number of carbonyl (C=O) groups is 1. The first kappa shape index (κ1) is 16.2. The van der Waals surface area contributed by atoms with Crippen LogP contribution >= 0.6 is 0 Å². The summed E-state index contributed by atoms with van der Waals surface area (Å²) in [6, 6.07) is 7.79. The average molecular weight is 322 g/mol. The first-order valence-corrected chi connectivity index (χ1v) is 8.21. The van der Waals surface area contributed by atoms with Gasteiger partial charge in [0.15, 0.2) is 0 Å². The number of hydrogen-bond acceptors (Lipinski definition) is 3. The maximum atomic E-state index is 12.5. The summed E-state index contributed by atoms with van der Waals surface area (Å²) < 4.78 is 5.31. The number of aliphatic imine (C=N–C) groups is 1. The van der Waals surface area contributed by atoms with Gasteiger partial charge in [-0.2, -0.15) is 0 Å². The van der Waals surface area contributed by atoms with E-state index in [0.29, 0.717) is 6.54 Å². The Morgan fingerprint density at radius 3 is 2.79 bits per heavy atom. The molecule has 4 nitrogen and oxygen atoms in total. The van der Waals surface area contributed by atoms with Gasteiger partial charge in [0, 0.05) is 12.1 Å². The largest absolute Gasteiger partial charge is 0.497 e. The number of fused-ring (bicyclic) bond motifs is 1. The van der Waals surface area contributed by atoms with Gasteiger partial charge in [-0.3, -0.25) is 9.79 Å². The monoisotopic (exact) mass is 322 g/mol. The van der Waals surface area contributed by atoms with Crippen LogP contribution in [-0.4, -0.2) is 36.7 Å². The molecule has 1 fully saturated rings. The highest BCUT2D eigenvalue weighted by Crippen LogP contribution is 2.32. The lowest BCUT2D eigenvalue weighted by Gasteiger charge is -2.32. The van der Waals surface area contributed by atoms with Crippen LogP contribution in [-0.2, 0) is 4.79 Å². The van der Waals surface area contributed by atoms with Crippen molar-refractivity contribution in [3.8, 4) is 5.75 Å². The summed E-state index contributed by atoms with van der Waals surface area (Å²) in [7, 11) is 1.65. The van der Waals surface area contributed by atoms with Crippen molar-refractivity contribution in [3.63, 3.8) is 0 Å². The van der Waals surface area contributed by atoms with E-state index in [4.69, 9.17) is 4.74 Å². The van der Waals surface area contributed by atoms with Gasteiger partial charge in [-0.15, -0.1) is 0 Å². The average Bonchev–Trinajstić information content (AvgIpc) is 2.80. The normalized spacial score (nSPS) is 21.3. The van der Waals surface area contributed by atoms with Crippen molar-refractivity contribution in [2.24, 2.45) is 4.99 Å². The Balaban J connectivity index is 2.10. The highest BCUT2D eigenvalue weighted by atomic mass is 16.5. The molecule has 0 atom stereocenters. The predicted molar refractivity (Wildman–Crippen MR) is 96.3 cm³/mol. The summed E-state index contributed by atoms with van der Waals surface area (Å²) >= 11 is 0. The summed E-state index contributed by atoms with van der Waals surface area (Å²) in [6.07, 6.45) is 7.12. The minimum atomic E-state index is 0.0497. The molecule has 1 aromatic carbocycles. The number of allylic oxidation sites excluding steroid dienone is 4. The second kappa shape index (κ2) is 6.87. The van der Waals surface area contributed by atoms with Crippen molar-refractivity contribution in [2.75, 3.05) is 20.2 Å². The number of amides is 1. The lowest BCUT2D eigenvalue weighted by atomic mass is 9.92. The summed E-state index contributed by atoms with van der Waals surface area (Å²) in [5.41, 5.74) is 5.12. The molecule has 0 saturated carbocycles. The SMILES string of the molecule is CC=C1CCN2C(=O)CN=C(c3cccc(OC)c3)C=C2C1=CC. The molecule has 0 aliphatic carbocycles. The molecule has 0 spiro atoms. The second-order valence-electron chi connectivity index (χ2n) is 5.77. The van der Waals surface area contributed by atoms with Gasteiger partial charge in [-0.05, 0) is 49.6 Å². The first-order chi connectivity index (χ1) is 11.7. The van der Waals surface area contributed by atoms with Crippen molar-refractivity contribution >= 4 is 11.6 Å². The smallest absolute Gasteiger partial charge is 0.248 e. The highest BCUT2D eigenvalue weighted by molar-refractivity contribution is 6.11. The van der Waals surface area contributed by atoms with Crippen LogP contribution in [0.15, 0.2) is 64.3 Å². The number of carbonyl (C=O) groups excluding carboxylic acids is 1. The lowest BCUT2D eigenvalue weighted by molar-refractivity contribution is -0.127. The van der Waals surface area contributed by atoms with E-state index in [1.807, 2.05) is 49.1 Å². The summed E-state index contributed by atoms with van der Waals surface area (Å²) in [5.74, 6) is 0.832. The third kappa shape index (κ3) is 2.92. The van der Waals surface area contributed by atoms with Gasteiger partial charge >= 0.3 is 0 Å². The lowest BCUT2D eigenvalue weighted by Crippen LogP contribution is -2.36. The van der Waals surface area contributed by atoms with Gasteiger partial charge in [0.2, 0.25) is 5.91 Å². The molecule has 2 aliphatic heterocycles.